The zero-order valence-electron chi connectivity index (χ0n) is 31.6. The van der Waals surface area contributed by atoms with Crippen molar-refractivity contribution in [1.82, 2.24) is 4.90 Å². The van der Waals surface area contributed by atoms with Gasteiger partial charge in [0.1, 0.15) is 19.8 Å². The van der Waals surface area contributed by atoms with Gasteiger partial charge in [0.15, 0.2) is 0 Å². The van der Waals surface area contributed by atoms with Crippen molar-refractivity contribution in [1.29, 1.82) is 0 Å². The highest BCUT2D eigenvalue weighted by molar-refractivity contribution is 5.70. The Bertz CT molecular complexity index is 968. The number of allylic oxidation sites excluding steroid dienone is 4. The second-order valence-electron chi connectivity index (χ2n) is 16.1. The normalized spacial score (nSPS) is 23.5. The fourth-order valence-electron chi connectivity index (χ4n) is 8.73. The van der Waals surface area contributed by atoms with Gasteiger partial charge in [-0.1, -0.05) is 63.3 Å². The second kappa shape index (κ2) is 24.1. The molecule has 0 aromatic heterocycles. The van der Waals surface area contributed by atoms with Crippen LogP contribution in [0.5, 0.6) is 0 Å². The molecule has 280 valence electrons. The molecule has 7 nitrogen and oxygen atoms in total. The topological polar surface area (TPSA) is 82.1 Å². The quantitative estimate of drug-likeness (QED) is 0.0351. The average molecular weight is 686 g/mol. The Morgan fingerprint density at radius 3 is 1.63 bits per heavy atom. The molecular weight excluding hydrogens is 614 g/mol. The van der Waals surface area contributed by atoms with Crippen LogP contribution in [0, 0.1) is 29.1 Å². The van der Waals surface area contributed by atoms with Gasteiger partial charge in [0, 0.05) is 19.3 Å². The first-order valence-electron chi connectivity index (χ1n) is 20.2. The molecule has 1 unspecified atom stereocenters. The van der Waals surface area contributed by atoms with Gasteiger partial charge in [-0.05, 0) is 140 Å². The third-order valence-corrected chi connectivity index (χ3v) is 11.0. The first-order valence-corrected chi connectivity index (χ1v) is 20.2. The SMILES string of the molecule is CCCCC/C=C\C/C=C\CCCCCCCC(=O)OCC(COC(=O)CCCCN(C)C)COC(=O)CCC12CC3CC(CC(C3)C1)C2. The number of carbonyl (C=O) groups is 3. The minimum absolute atomic E-state index is 0.0890. The zero-order chi connectivity index (χ0) is 35.2. The van der Waals surface area contributed by atoms with E-state index in [9.17, 15) is 14.4 Å². The lowest BCUT2D eigenvalue weighted by molar-refractivity contribution is -0.154. The smallest absolute Gasteiger partial charge is 0.305 e. The minimum Gasteiger partial charge on any atom is -0.465 e. The number of rotatable bonds is 28. The van der Waals surface area contributed by atoms with Crippen LogP contribution in [-0.2, 0) is 28.6 Å². The highest BCUT2D eigenvalue weighted by Gasteiger charge is 2.50. The number of carbonyl (C=O) groups excluding carboxylic acids is 3. The van der Waals surface area contributed by atoms with Gasteiger partial charge >= 0.3 is 17.9 Å². The molecule has 49 heavy (non-hydrogen) atoms. The summed E-state index contributed by atoms with van der Waals surface area (Å²) < 4.78 is 16.9. The lowest BCUT2D eigenvalue weighted by Crippen LogP contribution is -2.46. The summed E-state index contributed by atoms with van der Waals surface area (Å²) in [6, 6.07) is 0. The molecule has 4 aliphatic carbocycles. The van der Waals surface area contributed by atoms with E-state index in [1.807, 2.05) is 14.1 Å². The molecule has 0 heterocycles. The highest BCUT2D eigenvalue weighted by Crippen LogP contribution is 2.61. The van der Waals surface area contributed by atoms with Crippen LogP contribution >= 0.6 is 0 Å². The van der Waals surface area contributed by atoms with Gasteiger partial charge in [0.25, 0.3) is 0 Å². The lowest BCUT2D eigenvalue weighted by atomic mass is 9.48. The summed E-state index contributed by atoms with van der Waals surface area (Å²) in [5.41, 5.74) is 0.340. The predicted octanol–water partition coefficient (Wildman–Crippen LogP) is 9.77. The van der Waals surface area contributed by atoms with Crippen LogP contribution in [0.4, 0.5) is 0 Å². The van der Waals surface area contributed by atoms with Crippen molar-refractivity contribution in [2.24, 2.45) is 29.1 Å². The Kier molecular flexibility index (Phi) is 20.3. The molecule has 0 aliphatic heterocycles. The van der Waals surface area contributed by atoms with Crippen molar-refractivity contribution < 1.29 is 28.6 Å². The van der Waals surface area contributed by atoms with Gasteiger partial charge in [-0.3, -0.25) is 14.4 Å². The Morgan fingerprint density at radius 1 is 0.633 bits per heavy atom. The van der Waals surface area contributed by atoms with E-state index in [4.69, 9.17) is 14.2 Å². The van der Waals surface area contributed by atoms with E-state index in [0.717, 1.165) is 75.7 Å². The van der Waals surface area contributed by atoms with Crippen molar-refractivity contribution in [3.63, 3.8) is 0 Å². The molecule has 1 atom stereocenters. The van der Waals surface area contributed by atoms with Gasteiger partial charge in [-0.15, -0.1) is 0 Å². The van der Waals surface area contributed by atoms with Crippen LogP contribution in [0.2, 0.25) is 0 Å². The number of hydrogen-bond acceptors (Lipinski definition) is 7. The van der Waals surface area contributed by atoms with Crippen molar-refractivity contribution in [3.05, 3.63) is 24.3 Å². The summed E-state index contributed by atoms with van der Waals surface area (Å²) in [6.07, 6.45) is 33.5. The van der Waals surface area contributed by atoms with Crippen molar-refractivity contribution in [2.45, 2.75) is 155 Å². The third-order valence-electron chi connectivity index (χ3n) is 11.0. The van der Waals surface area contributed by atoms with Crippen molar-refractivity contribution in [2.75, 3.05) is 40.5 Å². The van der Waals surface area contributed by atoms with Crippen LogP contribution in [-0.4, -0.2) is 63.3 Å². The fourth-order valence-corrected chi connectivity index (χ4v) is 8.73. The molecule has 0 N–H and O–H groups in total. The number of unbranched alkanes of at least 4 members (excludes halogenated alkanes) is 9. The van der Waals surface area contributed by atoms with Crippen molar-refractivity contribution in [3.8, 4) is 0 Å². The standard InChI is InChI=1S/C42H71NO6/c1-4-5-6-7-8-9-10-11-12-13-14-15-16-17-18-21-39(44)47-32-38(33-48-40(45)22-19-20-25-43(2)3)34-49-41(46)23-24-42-29-35-26-36(30-42)28-37(27-35)31-42/h8-9,11-12,35-38H,4-7,10,13-34H2,1-3H3/b9-8-,12-11-. The molecule has 0 amide bonds. The summed E-state index contributed by atoms with van der Waals surface area (Å²) >= 11 is 0. The summed E-state index contributed by atoms with van der Waals surface area (Å²) in [5.74, 6) is 1.55. The van der Waals surface area contributed by atoms with Gasteiger partial charge in [-0.2, -0.15) is 0 Å². The van der Waals surface area contributed by atoms with E-state index in [1.165, 1.54) is 77.0 Å². The lowest BCUT2D eigenvalue weighted by Gasteiger charge is -2.57. The molecular formula is C42H71NO6. The summed E-state index contributed by atoms with van der Waals surface area (Å²) in [4.78, 5) is 39.9. The second-order valence-corrected chi connectivity index (χ2v) is 16.1. The van der Waals surface area contributed by atoms with Gasteiger partial charge < -0.3 is 19.1 Å². The largest absolute Gasteiger partial charge is 0.465 e. The molecule has 4 aliphatic rings. The van der Waals surface area contributed by atoms with Crippen LogP contribution in [0.15, 0.2) is 24.3 Å². The van der Waals surface area contributed by atoms with Crippen LogP contribution in [0.25, 0.3) is 0 Å². The average Bonchev–Trinajstić information content (AvgIpc) is 3.06. The molecule has 4 fully saturated rings. The van der Waals surface area contributed by atoms with Gasteiger partial charge in [0.2, 0.25) is 0 Å². The van der Waals surface area contributed by atoms with E-state index in [-0.39, 0.29) is 43.6 Å². The minimum atomic E-state index is -0.359. The van der Waals surface area contributed by atoms with Gasteiger partial charge in [0.05, 0.1) is 5.92 Å². The number of hydrogen-bond donors (Lipinski definition) is 0. The van der Waals surface area contributed by atoms with E-state index in [0.29, 0.717) is 24.7 Å². The predicted molar refractivity (Wildman–Crippen MR) is 198 cm³/mol. The Hall–Kier alpha value is -2.15. The number of esters is 3. The Balaban J connectivity index is 1.29. The number of ether oxygens (including phenoxy) is 3. The molecule has 4 saturated carbocycles. The molecule has 4 rings (SSSR count). The van der Waals surface area contributed by atoms with Crippen LogP contribution in [0.1, 0.15) is 155 Å². The van der Waals surface area contributed by atoms with Crippen LogP contribution < -0.4 is 0 Å². The molecule has 0 aromatic rings. The summed E-state index contributed by atoms with van der Waals surface area (Å²) in [6.45, 7) is 3.45. The summed E-state index contributed by atoms with van der Waals surface area (Å²) in [5, 5.41) is 0. The van der Waals surface area contributed by atoms with Gasteiger partial charge in [-0.25, -0.2) is 0 Å². The molecule has 4 bridgehead atoms. The highest BCUT2D eigenvalue weighted by atomic mass is 16.6. The molecule has 0 saturated heterocycles. The first kappa shape index (κ1) is 41.3. The molecule has 7 heteroatoms. The molecule has 0 aromatic carbocycles. The maximum Gasteiger partial charge on any atom is 0.305 e. The zero-order valence-corrected chi connectivity index (χ0v) is 31.6. The van der Waals surface area contributed by atoms with E-state index >= 15 is 0 Å². The van der Waals surface area contributed by atoms with E-state index < -0.39 is 0 Å². The van der Waals surface area contributed by atoms with Crippen molar-refractivity contribution >= 4 is 17.9 Å². The number of nitrogens with zero attached hydrogens (tertiary/aromatic N) is 1. The fraction of sp³-hybridized carbons (Fsp3) is 0.833. The monoisotopic (exact) mass is 686 g/mol. The maximum absolute atomic E-state index is 12.9. The Labute approximate surface area is 299 Å². The van der Waals surface area contributed by atoms with E-state index in [1.54, 1.807) is 0 Å². The maximum atomic E-state index is 12.9. The van der Waals surface area contributed by atoms with Crippen LogP contribution in [0.3, 0.4) is 0 Å². The molecule has 0 spiro atoms. The summed E-state index contributed by atoms with van der Waals surface area (Å²) in [7, 11) is 4.04. The first-order chi connectivity index (χ1) is 23.8. The molecule has 0 radical (unpaired) electrons. The Morgan fingerprint density at radius 2 is 1.10 bits per heavy atom. The van der Waals surface area contributed by atoms with E-state index in [2.05, 4.69) is 36.1 Å². The third kappa shape index (κ3) is 18.1.